The second-order valence-electron chi connectivity index (χ2n) is 5.09. The van der Waals surface area contributed by atoms with Crippen LogP contribution in [0.15, 0.2) is 18.2 Å². The fourth-order valence-electron chi connectivity index (χ4n) is 2.27. The van der Waals surface area contributed by atoms with Crippen molar-refractivity contribution in [2.75, 3.05) is 32.8 Å². The molecule has 1 aliphatic rings. The van der Waals surface area contributed by atoms with Crippen molar-refractivity contribution in [3.8, 4) is 0 Å². The number of hydrogen-bond acceptors (Lipinski definition) is 3. The Morgan fingerprint density at radius 1 is 1.48 bits per heavy atom. The maximum absolute atomic E-state index is 13.4. The van der Waals surface area contributed by atoms with Gasteiger partial charge in [-0.3, -0.25) is 4.79 Å². The van der Waals surface area contributed by atoms with Crippen molar-refractivity contribution in [1.29, 1.82) is 0 Å². The lowest BCUT2D eigenvalue weighted by Gasteiger charge is -2.27. The van der Waals surface area contributed by atoms with Crippen LogP contribution in [0.25, 0.3) is 0 Å². The van der Waals surface area contributed by atoms with Gasteiger partial charge in [-0.1, -0.05) is 17.7 Å². The van der Waals surface area contributed by atoms with E-state index in [1.54, 1.807) is 12.1 Å². The molecule has 1 aromatic carbocycles. The minimum atomic E-state index is -0.424. The zero-order chi connectivity index (χ0) is 15.2. The summed E-state index contributed by atoms with van der Waals surface area (Å²) in [6.07, 6.45) is 0.431. The number of morpholine rings is 1. The highest BCUT2D eigenvalue weighted by Crippen LogP contribution is 2.20. The van der Waals surface area contributed by atoms with Gasteiger partial charge in [-0.25, -0.2) is 4.39 Å². The van der Waals surface area contributed by atoms with Gasteiger partial charge in [0.15, 0.2) is 0 Å². The van der Waals surface area contributed by atoms with Gasteiger partial charge in [-0.2, -0.15) is 0 Å². The van der Waals surface area contributed by atoms with Crippen LogP contribution in [0.5, 0.6) is 0 Å². The molecule has 1 aromatic rings. The molecule has 116 valence electrons. The van der Waals surface area contributed by atoms with E-state index in [1.807, 2.05) is 11.8 Å². The van der Waals surface area contributed by atoms with Crippen LogP contribution in [0.1, 0.15) is 24.9 Å². The van der Waals surface area contributed by atoms with Crippen LogP contribution in [-0.4, -0.2) is 43.7 Å². The second-order valence-corrected chi connectivity index (χ2v) is 5.50. The molecule has 1 fully saturated rings. The van der Waals surface area contributed by atoms with Crippen LogP contribution in [0.4, 0.5) is 4.39 Å². The van der Waals surface area contributed by atoms with Crippen LogP contribution in [0, 0.1) is 5.82 Å². The summed E-state index contributed by atoms with van der Waals surface area (Å²) < 4.78 is 18.6. The van der Waals surface area contributed by atoms with Crippen molar-refractivity contribution in [2.24, 2.45) is 0 Å². The predicted octanol–water partition coefficient (Wildman–Crippen LogP) is 2.38. The number of ether oxygens (including phenoxy) is 1. The van der Waals surface area contributed by atoms with Gasteiger partial charge in [0.25, 0.3) is 0 Å². The first-order valence-electron chi connectivity index (χ1n) is 7.12. The van der Waals surface area contributed by atoms with Crippen LogP contribution < -0.4 is 5.32 Å². The molecular formula is C15H20ClFN2O2. The summed E-state index contributed by atoms with van der Waals surface area (Å²) in [5.74, 6) is -0.299. The molecule has 1 N–H and O–H groups in total. The molecule has 1 heterocycles. The Balaban J connectivity index is 1.76. The number of benzene rings is 1. The maximum Gasteiger partial charge on any atom is 0.224 e. The molecule has 0 bridgehead atoms. The summed E-state index contributed by atoms with van der Waals surface area (Å²) in [4.78, 5) is 13.8. The third-order valence-electron chi connectivity index (χ3n) is 3.60. The van der Waals surface area contributed by atoms with Gasteiger partial charge in [0.05, 0.1) is 18.2 Å². The fraction of sp³-hybridized carbons (Fsp3) is 0.533. The molecule has 4 nitrogen and oxygen atoms in total. The molecule has 1 amide bonds. The summed E-state index contributed by atoms with van der Waals surface area (Å²) in [5, 5.41) is 3.35. The van der Waals surface area contributed by atoms with E-state index in [0.29, 0.717) is 39.3 Å². The minimum absolute atomic E-state index is 0.0331. The van der Waals surface area contributed by atoms with Gasteiger partial charge in [-0.05, 0) is 24.6 Å². The standard InChI is InChI=1S/C15H20ClFN2O2/c1-11(12-2-3-13(16)14(17)10-12)18-5-4-15(20)19-6-8-21-9-7-19/h2-3,10-11,18H,4-9H2,1H3. The molecule has 1 saturated heterocycles. The molecule has 0 saturated carbocycles. The van der Waals surface area contributed by atoms with Gasteiger partial charge in [0, 0.05) is 32.1 Å². The number of carbonyl (C=O) groups is 1. The number of halogens is 2. The van der Waals surface area contributed by atoms with Crippen molar-refractivity contribution in [3.63, 3.8) is 0 Å². The Kier molecular flexibility index (Phi) is 5.96. The molecule has 1 aliphatic heterocycles. The summed E-state index contributed by atoms with van der Waals surface area (Å²) in [6.45, 7) is 5.04. The number of carbonyl (C=O) groups excluding carboxylic acids is 1. The van der Waals surface area contributed by atoms with E-state index in [0.717, 1.165) is 5.56 Å². The first-order chi connectivity index (χ1) is 10.1. The molecular weight excluding hydrogens is 295 g/mol. The number of amides is 1. The lowest BCUT2D eigenvalue weighted by Crippen LogP contribution is -2.41. The van der Waals surface area contributed by atoms with E-state index in [2.05, 4.69) is 5.32 Å². The van der Waals surface area contributed by atoms with Crippen molar-refractivity contribution >= 4 is 17.5 Å². The van der Waals surface area contributed by atoms with E-state index in [4.69, 9.17) is 16.3 Å². The highest BCUT2D eigenvalue weighted by Gasteiger charge is 2.16. The lowest BCUT2D eigenvalue weighted by molar-refractivity contribution is -0.135. The number of rotatable bonds is 5. The van der Waals surface area contributed by atoms with E-state index < -0.39 is 5.82 Å². The average Bonchev–Trinajstić information content (AvgIpc) is 2.50. The van der Waals surface area contributed by atoms with Crippen molar-refractivity contribution in [2.45, 2.75) is 19.4 Å². The maximum atomic E-state index is 13.4. The summed E-state index contributed by atoms with van der Waals surface area (Å²) in [5.41, 5.74) is 0.815. The Morgan fingerprint density at radius 2 is 2.19 bits per heavy atom. The molecule has 0 radical (unpaired) electrons. The summed E-state index contributed by atoms with van der Waals surface area (Å²) >= 11 is 5.66. The quantitative estimate of drug-likeness (QED) is 0.907. The van der Waals surface area contributed by atoms with E-state index in [-0.39, 0.29) is 17.0 Å². The smallest absolute Gasteiger partial charge is 0.224 e. The fourth-order valence-corrected chi connectivity index (χ4v) is 2.38. The van der Waals surface area contributed by atoms with Crippen molar-refractivity contribution in [1.82, 2.24) is 10.2 Å². The summed E-state index contributed by atoms with van der Waals surface area (Å²) in [7, 11) is 0. The van der Waals surface area contributed by atoms with Crippen LogP contribution >= 0.6 is 11.6 Å². The molecule has 21 heavy (non-hydrogen) atoms. The zero-order valence-corrected chi connectivity index (χ0v) is 12.8. The van der Waals surface area contributed by atoms with Crippen LogP contribution in [-0.2, 0) is 9.53 Å². The Hall–Kier alpha value is -1.17. The van der Waals surface area contributed by atoms with Crippen molar-refractivity contribution < 1.29 is 13.9 Å². The van der Waals surface area contributed by atoms with Crippen LogP contribution in [0.2, 0.25) is 5.02 Å². The predicted molar refractivity (Wildman–Crippen MR) is 79.8 cm³/mol. The molecule has 0 aromatic heterocycles. The molecule has 0 spiro atoms. The highest BCUT2D eigenvalue weighted by molar-refractivity contribution is 6.30. The zero-order valence-electron chi connectivity index (χ0n) is 12.1. The van der Waals surface area contributed by atoms with Gasteiger partial charge in [0.1, 0.15) is 5.82 Å². The SMILES string of the molecule is CC(NCCC(=O)N1CCOCC1)c1ccc(Cl)c(F)c1. The van der Waals surface area contributed by atoms with E-state index in [1.165, 1.54) is 6.07 Å². The number of hydrogen-bond donors (Lipinski definition) is 1. The summed E-state index contributed by atoms with van der Waals surface area (Å²) in [6, 6.07) is 4.72. The van der Waals surface area contributed by atoms with Crippen LogP contribution in [0.3, 0.4) is 0 Å². The lowest BCUT2D eigenvalue weighted by atomic mass is 10.1. The Morgan fingerprint density at radius 3 is 2.86 bits per heavy atom. The van der Waals surface area contributed by atoms with Gasteiger partial charge in [0.2, 0.25) is 5.91 Å². The van der Waals surface area contributed by atoms with Gasteiger partial charge >= 0.3 is 0 Å². The average molecular weight is 315 g/mol. The highest BCUT2D eigenvalue weighted by atomic mass is 35.5. The Labute approximate surface area is 129 Å². The topological polar surface area (TPSA) is 41.6 Å². The molecule has 6 heteroatoms. The normalized spacial score (nSPS) is 16.8. The third-order valence-corrected chi connectivity index (χ3v) is 3.90. The molecule has 1 unspecified atom stereocenters. The number of nitrogens with zero attached hydrogens (tertiary/aromatic N) is 1. The first kappa shape index (κ1) is 16.2. The third kappa shape index (κ3) is 4.66. The first-order valence-corrected chi connectivity index (χ1v) is 7.49. The Bertz CT molecular complexity index is 493. The molecule has 0 aliphatic carbocycles. The monoisotopic (exact) mass is 314 g/mol. The van der Waals surface area contributed by atoms with Gasteiger partial charge < -0.3 is 15.0 Å². The number of nitrogens with one attached hydrogen (secondary N) is 1. The van der Waals surface area contributed by atoms with Gasteiger partial charge in [-0.15, -0.1) is 0 Å². The van der Waals surface area contributed by atoms with E-state index in [9.17, 15) is 9.18 Å². The van der Waals surface area contributed by atoms with Crippen molar-refractivity contribution in [3.05, 3.63) is 34.6 Å². The van der Waals surface area contributed by atoms with E-state index >= 15 is 0 Å². The molecule has 2 rings (SSSR count). The second kappa shape index (κ2) is 7.73. The largest absolute Gasteiger partial charge is 0.378 e. The molecule has 1 atom stereocenters. The minimum Gasteiger partial charge on any atom is -0.378 e.